The molecule has 164 valence electrons. The summed E-state index contributed by atoms with van der Waals surface area (Å²) in [6, 6.07) is 0.525. The molecule has 0 saturated heterocycles. The van der Waals surface area contributed by atoms with Crippen LogP contribution in [0.5, 0.6) is 5.88 Å². The van der Waals surface area contributed by atoms with Crippen molar-refractivity contribution in [1.82, 2.24) is 9.88 Å². The molecule has 0 spiro atoms. The van der Waals surface area contributed by atoms with Gasteiger partial charge in [0, 0.05) is 26.1 Å². The Morgan fingerprint density at radius 3 is 2.45 bits per heavy atom. The fraction of sp³-hybridized carbons (Fsp3) is 0.588. The normalized spacial score (nSPS) is 12.6. The predicted octanol–water partition coefficient (Wildman–Crippen LogP) is 3.17. The van der Waals surface area contributed by atoms with Crippen LogP contribution < -0.4 is 10.5 Å². The number of hydrogen-bond donors (Lipinski definition) is 2. The molecule has 1 rings (SSSR count). The van der Waals surface area contributed by atoms with Gasteiger partial charge < -0.3 is 25.2 Å². The van der Waals surface area contributed by atoms with Crippen molar-refractivity contribution in [2.24, 2.45) is 5.73 Å². The van der Waals surface area contributed by atoms with Gasteiger partial charge in [-0.3, -0.25) is 0 Å². The quantitative estimate of drug-likeness (QED) is 0.565. The Kier molecular flexibility index (Phi) is 8.96. The van der Waals surface area contributed by atoms with Gasteiger partial charge in [-0.05, 0) is 26.8 Å². The Labute approximate surface area is 170 Å². The van der Waals surface area contributed by atoms with Gasteiger partial charge in [0.2, 0.25) is 5.88 Å². The van der Waals surface area contributed by atoms with E-state index in [1.807, 2.05) is 0 Å². The molecule has 1 atom stereocenters. The molecule has 0 aliphatic heterocycles. The van der Waals surface area contributed by atoms with Crippen molar-refractivity contribution >= 4 is 23.7 Å². The van der Waals surface area contributed by atoms with E-state index in [0.717, 1.165) is 4.90 Å². The molecule has 0 unspecified atom stereocenters. The summed E-state index contributed by atoms with van der Waals surface area (Å²) < 4.78 is 50.5. The van der Waals surface area contributed by atoms with Crippen LogP contribution in [0.1, 0.15) is 37.6 Å². The fourth-order valence-electron chi connectivity index (χ4n) is 2.13. The number of pyridine rings is 1. The van der Waals surface area contributed by atoms with Gasteiger partial charge in [0.05, 0.1) is 0 Å². The van der Waals surface area contributed by atoms with Crippen LogP contribution in [0.25, 0.3) is 0 Å². The Bertz CT molecular complexity index is 731. The lowest BCUT2D eigenvalue weighted by Gasteiger charge is -2.28. The molecule has 1 heterocycles. The minimum absolute atomic E-state index is 0.0475. The highest BCUT2D eigenvalue weighted by Gasteiger charge is 2.29. The van der Waals surface area contributed by atoms with Crippen LogP contribution >= 0.6 is 11.6 Å². The zero-order valence-corrected chi connectivity index (χ0v) is 16.9. The number of halogens is 4. The Balaban J connectivity index is 2.97. The highest BCUT2D eigenvalue weighted by Crippen LogP contribution is 2.25. The molecule has 0 fully saturated rings. The van der Waals surface area contributed by atoms with Crippen LogP contribution in [0.2, 0.25) is 5.15 Å². The van der Waals surface area contributed by atoms with Crippen LogP contribution in [-0.2, 0) is 4.74 Å². The van der Waals surface area contributed by atoms with Crippen LogP contribution in [0, 0.1) is 5.82 Å². The van der Waals surface area contributed by atoms with E-state index in [1.54, 1.807) is 20.8 Å². The smallest absolute Gasteiger partial charge is 0.410 e. The Morgan fingerprint density at radius 1 is 1.34 bits per heavy atom. The van der Waals surface area contributed by atoms with Gasteiger partial charge in [-0.15, -0.1) is 0 Å². The lowest BCUT2D eigenvalue weighted by atomic mass is 10.2. The number of hydrogen-bond acceptors (Lipinski definition) is 6. The molecule has 1 amide bonds. The number of amides is 1. The maximum absolute atomic E-state index is 13.4. The summed E-state index contributed by atoms with van der Waals surface area (Å²) in [4.78, 5) is 27.9. The molecule has 1 aromatic heterocycles. The van der Waals surface area contributed by atoms with E-state index >= 15 is 0 Å². The molecular weight excluding hydrogens is 419 g/mol. The van der Waals surface area contributed by atoms with Gasteiger partial charge in [-0.25, -0.2) is 22.8 Å². The summed E-state index contributed by atoms with van der Waals surface area (Å²) in [5.41, 5.74) is 3.89. The summed E-state index contributed by atoms with van der Waals surface area (Å²) in [6.07, 6.45) is -6.04. The van der Waals surface area contributed by atoms with Gasteiger partial charge in [0.15, 0.2) is 17.1 Å². The molecule has 0 aliphatic carbocycles. The molecule has 3 N–H and O–H groups in total. The van der Waals surface area contributed by atoms with Crippen LogP contribution in [0.4, 0.5) is 18.0 Å². The number of aromatic nitrogens is 1. The number of carboxylic acids is 1. The molecule has 0 aliphatic rings. The lowest BCUT2D eigenvalue weighted by molar-refractivity contribution is -0.00680. The van der Waals surface area contributed by atoms with Crippen molar-refractivity contribution in [3.63, 3.8) is 0 Å². The molecule has 12 heteroatoms. The average molecular weight is 442 g/mol. The number of nitrogens with two attached hydrogens (primary N) is 1. The molecule has 29 heavy (non-hydrogen) atoms. The third kappa shape index (κ3) is 7.94. The van der Waals surface area contributed by atoms with E-state index in [2.05, 4.69) is 4.98 Å². The van der Waals surface area contributed by atoms with E-state index < -0.39 is 59.0 Å². The Hall–Kier alpha value is -2.27. The molecule has 0 aromatic carbocycles. The van der Waals surface area contributed by atoms with E-state index in [9.17, 15) is 22.8 Å². The minimum atomic E-state index is -3.05. The van der Waals surface area contributed by atoms with Gasteiger partial charge in [-0.2, -0.15) is 4.98 Å². The third-order valence-corrected chi connectivity index (χ3v) is 3.67. The SMILES string of the molecule is CC(C)(C)OC(=O)N(CCN)CC[C@@H](Oc1nc(Cl)c(F)cc1C(=O)O)C(F)F. The van der Waals surface area contributed by atoms with Gasteiger partial charge >= 0.3 is 12.1 Å². The zero-order valence-electron chi connectivity index (χ0n) is 16.1. The second-order valence-corrected chi connectivity index (χ2v) is 7.31. The summed E-state index contributed by atoms with van der Waals surface area (Å²) >= 11 is 5.50. The molecule has 0 bridgehead atoms. The summed E-state index contributed by atoms with van der Waals surface area (Å²) in [7, 11) is 0. The van der Waals surface area contributed by atoms with Crippen LogP contribution in [0.15, 0.2) is 6.07 Å². The van der Waals surface area contributed by atoms with Crippen molar-refractivity contribution in [3.8, 4) is 5.88 Å². The fourth-order valence-corrected chi connectivity index (χ4v) is 2.26. The number of alkyl halides is 2. The first-order valence-electron chi connectivity index (χ1n) is 8.57. The minimum Gasteiger partial charge on any atom is -0.477 e. The topological polar surface area (TPSA) is 115 Å². The zero-order chi connectivity index (χ0) is 22.4. The van der Waals surface area contributed by atoms with E-state index in [4.69, 9.17) is 31.9 Å². The molecular formula is C17H23ClF3N3O5. The summed E-state index contributed by atoms with van der Waals surface area (Å²) in [5.74, 6) is -3.52. The van der Waals surface area contributed by atoms with Crippen LogP contribution in [-0.4, -0.2) is 64.8 Å². The first-order valence-corrected chi connectivity index (χ1v) is 8.95. The number of carboxylic acid groups (broad SMARTS) is 1. The highest BCUT2D eigenvalue weighted by atomic mass is 35.5. The lowest BCUT2D eigenvalue weighted by Crippen LogP contribution is -2.42. The number of rotatable bonds is 9. The standard InChI is InChI=1S/C17H23ClF3N3O5/c1-17(2,3)29-16(27)24(7-5-22)6-4-11(13(20)21)28-14-9(15(25)26)8-10(19)12(18)23-14/h8,11,13H,4-7,22H2,1-3H3,(H,25,26)/t11-/m1/s1. The third-order valence-electron chi connectivity index (χ3n) is 3.41. The summed E-state index contributed by atoms with van der Waals surface area (Å²) in [6.45, 7) is 4.85. The number of carbonyl (C=O) groups excluding carboxylic acids is 1. The van der Waals surface area contributed by atoms with Crippen molar-refractivity contribution in [1.29, 1.82) is 0 Å². The largest absolute Gasteiger partial charge is 0.477 e. The molecule has 0 saturated carbocycles. The number of ether oxygens (including phenoxy) is 2. The van der Waals surface area contributed by atoms with Crippen molar-refractivity contribution in [3.05, 3.63) is 22.6 Å². The maximum atomic E-state index is 13.4. The maximum Gasteiger partial charge on any atom is 0.410 e. The van der Waals surface area contributed by atoms with Crippen molar-refractivity contribution in [2.45, 2.75) is 45.3 Å². The number of nitrogens with zero attached hydrogens (tertiary/aromatic N) is 2. The first-order chi connectivity index (χ1) is 13.4. The first kappa shape index (κ1) is 24.8. The second kappa shape index (κ2) is 10.5. The molecule has 8 nitrogen and oxygen atoms in total. The van der Waals surface area contributed by atoms with Gasteiger partial charge in [-0.1, -0.05) is 11.6 Å². The summed E-state index contributed by atoms with van der Waals surface area (Å²) in [5, 5.41) is 8.38. The van der Waals surface area contributed by atoms with E-state index in [1.165, 1.54) is 0 Å². The molecule has 0 radical (unpaired) electrons. The van der Waals surface area contributed by atoms with Crippen molar-refractivity contribution < 1.29 is 37.3 Å². The predicted molar refractivity (Wildman–Crippen MR) is 98.1 cm³/mol. The van der Waals surface area contributed by atoms with Gasteiger partial charge in [0.25, 0.3) is 6.43 Å². The number of aromatic carboxylic acids is 1. The van der Waals surface area contributed by atoms with E-state index in [-0.39, 0.29) is 19.6 Å². The van der Waals surface area contributed by atoms with Crippen LogP contribution in [0.3, 0.4) is 0 Å². The van der Waals surface area contributed by atoms with Crippen molar-refractivity contribution in [2.75, 3.05) is 19.6 Å². The average Bonchev–Trinajstić information content (AvgIpc) is 2.57. The molecule has 1 aromatic rings. The Morgan fingerprint density at radius 2 is 1.97 bits per heavy atom. The highest BCUT2D eigenvalue weighted by molar-refractivity contribution is 6.29. The van der Waals surface area contributed by atoms with E-state index in [0.29, 0.717) is 6.07 Å². The van der Waals surface area contributed by atoms with Gasteiger partial charge in [0.1, 0.15) is 11.2 Å². The monoisotopic (exact) mass is 441 g/mol. The second-order valence-electron chi connectivity index (χ2n) is 6.95. The number of carbonyl (C=O) groups is 2.